The summed E-state index contributed by atoms with van der Waals surface area (Å²) in [6.45, 7) is 2.19. The molecule has 2 saturated carbocycles. The number of benzene rings is 2. The molecule has 222 valence electrons. The fourth-order valence-corrected chi connectivity index (χ4v) is 5.65. The zero-order valence-corrected chi connectivity index (χ0v) is 23.9. The van der Waals surface area contributed by atoms with Crippen LogP contribution < -0.4 is 19.5 Å². The molecule has 2 fully saturated rings. The van der Waals surface area contributed by atoms with Gasteiger partial charge in [0.2, 0.25) is 0 Å². The Morgan fingerprint density at radius 3 is 2.63 bits per heavy atom. The first-order chi connectivity index (χ1) is 20.8. The summed E-state index contributed by atoms with van der Waals surface area (Å²) < 4.78 is 33.1. The van der Waals surface area contributed by atoms with Crippen molar-refractivity contribution in [1.82, 2.24) is 25.3 Å². The summed E-state index contributed by atoms with van der Waals surface area (Å²) >= 11 is 0. The maximum atomic E-state index is 13.8. The molecule has 2 aliphatic carbocycles. The van der Waals surface area contributed by atoms with Gasteiger partial charge < -0.3 is 24.6 Å². The van der Waals surface area contributed by atoms with Crippen LogP contribution >= 0.6 is 0 Å². The number of hydrogen-bond acceptors (Lipinski definition) is 8. The van der Waals surface area contributed by atoms with E-state index in [1.165, 1.54) is 19.2 Å². The average Bonchev–Trinajstić information content (AvgIpc) is 3.95. The predicted molar refractivity (Wildman–Crippen MR) is 153 cm³/mol. The highest BCUT2D eigenvalue weighted by atomic mass is 19.1. The molecule has 11 heteroatoms. The van der Waals surface area contributed by atoms with Crippen LogP contribution in [0.15, 0.2) is 60.9 Å². The largest absolute Gasteiger partial charge is 0.493 e. The smallest absolute Gasteiger partial charge is 0.251 e. The van der Waals surface area contributed by atoms with Crippen molar-refractivity contribution in [1.29, 1.82) is 0 Å². The van der Waals surface area contributed by atoms with Crippen molar-refractivity contribution in [2.24, 2.45) is 5.92 Å². The van der Waals surface area contributed by atoms with Gasteiger partial charge in [0.1, 0.15) is 29.3 Å². The fraction of sp³-hybridized carbons (Fsp3) is 0.375. The molecule has 2 N–H and O–H groups in total. The second-order valence-corrected chi connectivity index (χ2v) is 11.7. The quantitative estimate of drug-likeness (QED) is 0.284. The molecule has 3 heterocycles. The van der Waals surface area contributed by atoms with Crippen LogP contribution in [0.2, 0.25) is 0 Å². The molecular formula is C32H32FN5O5. The lowest BCUT2D eigenvalue weighted by Gasteiger charge is -2.30. The lowest BCUT2D eigenvalue weighted by Crippen LogP contribution is -2.43. The molecule has 0 saturated heterocycles. The number of ether oxygens (including phenoxy) is 3. The molecule has 3 aliphatic rings. The Balaban J connectivity index is 1.24. The Morgan fingerprint density at radius 2 is 1.95 bits per heavy atom. The molecule has 0 spiro atoms. The topological polar surface area (TPSA) is 121 Å². The van der Waals surface area contributed by atoms with Gasteiger partial charge in [-0.25, -0.2) is 14.1 Å². The molecule has 2 aromatic carbocycles. The summed E-state index contributed by atoms with van der Waals surface area (Å²) in [5.41, 5.74) is 0.485. The summed E-state index contributed by atoms with van der Waals surface area (Å²) in [5, 5.41) is 23.4. The second kappa shape index (κ2) is 10.3. The van der Waals surface area contributed by atoms with Gasteiger partial charge in [-0.05, 0) is 87.1 Å². The van der Waals surface area contributed by atoms with Crippen LogP contribution in [0.25, 0.3) is 11.3 Å². The lowest BCUT2D eigenvalue weighted by molar-refractivity contribution is 0.00944. The average molecular weight is 586 g/mol. The van der Waals surface area contributed by atoms with Crippen molar-refractivity contribution < 1.29 is 28.5 Å². The fourth-order valence-electron chi connectivity index (χ4n) is 5.65. The van der Waals surface area contributed by atoms with Gasteiger partial charge in [0.25, 0.3) is 5.91 Å². The van der Waals surface area contributed by atoms with Crippen molar-refractivity contribution in [3.8, 4) is 28.5 Å². The number of halogens is 1. The van der Waals surface area contributed by atoms with Crippen molar-refractivity contribution in [2.45, 2.75) is 49.9 Å². The number of aliphatic hydroxyl groups is 1. The first kappa shape index (κ1) is 27.3. The monoisotopic (exact) mass is 585 g/mol. The number of rotatable bonds is 10. The molecule has 0 unspecified atom stereocenters. The van der Waals surface area contributed by atoms with Crippen LogP contribution in [0.1, 0.15) is 54.2 Å². The number of aromatic nitrogens is 4. The summed E-state index contributed by atoms with van der Waals surface area (Å²) in [6, 6.07) is 12.9. The molecule has 1 aliphatic heterocycles. The molecule has 43 heavy (non-hydrogen) atoms. The number of pyridine rings is 1. The molecule has 0 radical (unpaired) electrons. The maximum absolute atomic E-state index is 13.8. The third-order valence-electron chi connectivity index (χ3n) is 8.56. The maximum Gasteiger partial charge on any atom is 0.251 e. The van der Waals surface area contributed by atoms with Gasteiger partial charge in [-0.2, -0.15) is 0 Å². The van der Waals surface area contributed by atoms with Crippen LogP contribution in [0, 0.1) is 11.7 Å². The Kier molecular flexibility index (Phi) is 6.57. The SMILES string of the molecule is COc1cc(C(=O)NC[C@](O)(c2cc3c(c(-c4ccc(F)cc4)n2)OC[C@]3(C)n2ccnn2)C2CC2)ccc1OC1CC1. The Labute approximate surface area is 247 Å². The molecule has 4 aromatic rings. The van der Waals surface area contributed by atoms with Crippen LogP contribution in [0.4, 0.5) is 4.39 Å². The van der Waals surface area contributed by atoms with E-state index in [0.717, 1.165) is 31.2 Å². The van der Waals surface area contributed by atoms with E-state index in [9.17, 15) is 14.3 Å². The number of methoxy groups -OCH3 is 1. The lowest BCUT2D eigenvalue weighted by atomic mass is 9.87. The van der Waals surface area contributed by atoms with E-state index in [1.807, 2.05) is 13.0 Å². The molecule has 0 bridgehead atoms. The second-order valence-electron chi connectivity index (χ2n) is 11.7. The van der Waals surface area contributed by atoms with Gasteiger partial charge >= 0.3 is 0 Å². The van der Waals surface area contributed by atoms with E-state index in [1.54, 1.807) is 47.4 Å². The molecule has 2 aromatic heterocycles. The minimum atomic E-state index is -1.47. The van der Waals surface area contributed by atoms with Crippen molar-refractivity contribution >= 4 is 5.91 Å². The Bertz CT molecular complexity index is 1670. The van der Waals surface area contributed by atoms with Crippen molar-refractivity contribution in [2.75, 3.05) is 20.3 Å². The summed E-state index contributed by atoms with van der Waals surface area (Å²) in [5.74, 6) is 0.786. The number of hydrogen-bond donors (Lipinski definition) is 2. The third kappa shape index (κ3) is 4.97. The zero-order valence-electron chi connectivity index (χ0n) is 23.9. The molecule has 2 atom stereocenters. The normalized spacial score (nSPS) is 20.6. The highest BCUT2D eigenvalue weighted by molar-refractivity contribution is 5.95. The van der Waals surface area contributed by atoms with E-state index in [-0.39, 0.29) is 36.9 Å². The van der Waals surface area contributed by atoms with Gasteiger partial charge in [0.05, 0.1) is 31.6 Å². The number of fused-ring (bicyclic) bond motifs is 1. The molecular weight excluding hydrogens is 553 g/mol. The van der Waals surface area contributed by atoms with Crippen LogP contribution in [0.3, 0.4) is 0 Å². The van der Waals surface area contributed by atoms with Gasteiger partial charge in [-0.15, -0.1) is 5.10 Å². The third-order valence-corrected chi connectivity index (χ3v) is 8.56. The van der Waals surface area contributed by atoms with E-state index < -0.39 is 11.1 Å². The minimum absolute atomic E-state index is 0.0608. The molecule has 1 amide bonds. The van der Waals surface area contributed by atoms with Gasteiger partial charge in [0, 0.05) is 22.9 Å². The standard InChI is InChI=1S/C32H32FN5O5/c1-31(38-14-13-35-37-38)18-42-29-24(31)16-27(36-28(29)19-3-8-22(33)9-4-19)32(40,21-6-7-21)17-34-30(39)20-5-12-25(26(15-20)41-2)43-23-10-11-23/h3-5,8-9,12-16,21,23,40H,6-7,10-11,17-18H2,1-2H3,(H,34,39)/t31-,32+/m0/s1. The van der Waals surface area contributed by atoms with Gasteiger partial charge in [0.15, 0.2) is 17.2 Å². The van der Waals surface area contributed by atoms with Crippen LogP contribution in [-0.2, 0) is 11.1 Å². The van der Waals surface area contributed by atoms with Gasteiger partial charge in [-0.3, -0.25) is 4.79 Å². The highest BCUT2D eigenvalue weighted by Gasteiger charge is 2.49. The predicted octanol–water partition coefficient (Wildman–Crippen LogP) is 4.21. The Morgan fingerprint density at radius 1 is 1.16 bits per heavy atom. The van der Waals surface area contributed by atoms with E-state index in [2.05, 4.69) is 15.6 Å². The number of amides is 1. The Hall–Kier alpha value is -4.51. The van der Waals surface area contributed by atoms with Crippen LogP contribution in [0.5, 0.6) is 17.2 Å². The van der Waals surface area contributed by atoms with Crippen LogP contribution in [-0.4, -0.2) is 57.4 Å². The van der Waals surface area contributed by atoms with E-state index in [0.29, 0.717) is 39.8 Å². The van der Waals surface area contributed by atoms with Gasteiger partial charge in [-0.1, -0.05) is 5.21 Å². The van der Waals surface area contributed by atoms with Crippen molar-refractivity contribution in [3.05, 3.63) is 83.6 Å². The molecule has 7 rings (SSSR count). The zero-order chi connectivity index (χ0) is 29.8. The number of nitrogens with one attached hydrogen (secondary N) is 1. The summed E-state index contributed by atoms with van der Waals surface area (Å²) in [6.07, 6.45) is 7.15. The van der Waals surface area contributed by atoms with E-state index in [4.69, 9.17) is 19.2 Å². The number of carbonyl (C=O) groups excluding carboxylic acids is 1. The van der Waals surface area contributed by atoms with Crippen molar-refractivity contribution in [3.63, 3.8) is 0 Å². The molecule has 10 nitrogen and oxygen atoms in total. The first-order valence-corrected chi connectivity index (χ1v) is 14.5. The van der Waals surface area contributed by atoms with E-state index >= 15 is 0 Å². The minimum Gasteiger partial charge on any atom is -0.493 e. The highest BCUT2D eigenvalue weighted by Crippen LogP contribution is 2.50. The number of carbonyl (C=O) groups is 1. The summed E-state index contributed by atoms with van der Waals surface area (Å²) in [4.78, 5) is 18.2. The summed E-state index contributed by atoms with van der Waals surface area (Å²) in [7, 11) is 1.54. The first-order valence-electron chi connectivity index (χ1n) is 14.5. The number of nitrogens with zero attached hydrogens (tertiary/aromatic N) is 4.